The average molecular weight is 597 g/mol. The quantitative estimate of drug-likeness (QED) is 0.194. The second-order valence-electron chi connectivity index (χ2n) is 12.1. The van der Waals surface area contributed by atoms with Crippen molar-refractivity contribution in [2.45, 2.75) is 91.6 Å². The summed E-state index contributed by atoms with van der Waals surface area (Å²) < 4.78 is 5.31. The van der Waals surface area contributed by atoms with Gasteiger partial charge in [0.1, 0.15) is 18.7 Å². The molecule has 0 heterocycles. The van der Waals surface area contributed by atoms with Crippen molar-refractivity contribution in [2.24, 2.45) is 17.8 Å². The summed E-state index contributed by atoms with van der Waals surface area (Å²) in [7, 11) is 0. The van der Waals surface area contributed by atoms with Gasteiger partial charge in [0.2, 0.25) is 11.8 Å². The summed E-state index contributed by atoms with van der Waals surface area (Å²) in [5.74, 6) is -1.52. The number of hydrogen-bond donors (Lipinski definition) is 5. The zero-order valence-corrected chi connectivity index (χ0v) is 26.1. The number of aliphatic hydroxyl groups excluding tert-OH is 1. The number of anilines is 1. The third-order valence-corrected chi connectivity index (χ3v) is 6.61. The minimum Gasteiger partial charge on any atom is -0.445 e. The fourth-order valence-electron chi connectivity index (χ4n) is 4.56. The normalized spacial score (nSPS) is 14.0. The zero-order valence-electron chi connectivity index (χ0n) is 26.1. The first kappa shape index (κ1) is 35.3. The van der Waals surface area contributed by atoms with E-state index in [1.807, 2.05) is 77.9 Å². The minimum absolute atomic E-state index is 0.0400. The zero-order chi connectivity index (χ0) is 31.9. The number of ether oxygens (including phenoxy) is 1. The van der Waals surface area contributed by atoms with E-state index in [-0.39, 0.29) is 24.4 Å². The van der Waals surface area contributed by atoms with Crippen LogP contribution in [0, 0.1) is 17.8 Å². The Morgan fingerprint density at radius 1 is 0.651 bits per heavy atom. The molecule has 5 N–H and O–H groups in total. The standard InChI is InChI=1S/C33H48N4O6/c1-21(2)17-26(29(38)32(41)34-25-15-11-8-12-16-25)35-30(39)27(18-22(3)4)36-31(40)28(19-23(5)6)37-33(42)43-20-24-13-9-7-10-14-24/h7-16,21-23,26-29,38H,17-20H2,1-6H3,(H,34,41)(H,35,39)(H,36,40)(H,37,42). The lowest BCUT2D eigenvalue weighted by molar-refractivity contribution is -0.133. The topological polar surface area (TPSA) is 146 Å². The fraction of sp³-hybridized carbons (Fsp3) is 0.515. The van der Waals surface area contributed by atoms with Crippen LogP contribution in [-0.2, 0) is 25.7 Å². The number of hydrogen-bond acceptors (Lipinski definition) is 6. The molecule has 0 aliphatic rings. The first-order valence-corrected chi connectivity index (χ1v) is 15.0. The summed E-state index contributed by atoms with van der Waals surface area (Å²) in [5.41, 5.74) is 1.34. The number of carbonyl (C=O) groups excluding carboxylic acids is 4. The Bertz CT molecular complexity index is 1160. The number of aliphatic hydroxyl groups is 1. The van der Waals surface area contributed by atoms with Crippen LogP contribution in [0.4, 0.5) is 10.5 Å². The maximum Gasteiger partial charge on any atom is 0.408 e. The molecule has 0 aromatic heterocycles. The maximum absolute atomic E-state index is 13.5. The SMILES string of the molecule is CC(C)CC(NC(=O)OCc1ccccc1)C(=O)NC(CC(C)C)C(=O)NC(CC(C)C)C(O)C(=O)Nc1ccccc1. The summed E-state index contributed by atoms with van der Waals surface area (Å²) in [6.45, 7) is 11.6. The monoisotopic (exact) mass is 596 g/mol. The highest BCUT2D eigenvalue weighted by Gasteiger charge is 2.33. The summed E-state index contributed by atoms with van der Waals surface area (Å²) in [6.07, 6.45) is -1.28. The molecule has 0 bridgehead atoms. The van der Waals surface area contributed by atoms with Crippen LogP contribution in [0.25, 0.3) is 0 Å². The Balaban J connectivity index is 2.13. The highest BCUT2D eigenvalue weighted by Crippen LogP contribution is 2.14. The molecule has 0 saturated heterocycles. The number of nitrogens with one attached hydrogen (secondary N) is 4. The Kier molecular flexibility index (Phi) is 14.7. The number of benzene rings is 2. The highest BCUT2D eigenvalue weighted by atomic mass is 16.5. The predicted octanol–water partition coefficient (Wildman–Crippen LogP) is 4.39. The molecule has 2 aromatic rings. The third-order valence-electron chi connectivity index (χ3n) is 6.61. The van der Waals surface area contributed by atoms with E-state index in [9.17, 15) is 24.3 Å². The molecule has 4 atom stereocenters. The van der Waals surface area contributed by atoms with Gasteiger partial charge in [0.15, 0.2) is 6.10 Å². The second kappa shape index (κ2) is 17.9. The van der Waals surface area contributed by atoms with Crippen molar-refractivity contribution in [2.75, 3.05) is 5.32 Å². The van der Waals surface area contributed by atoms with Gasteiger partial charge in [0.25, 0.3) is 5.91 Å². The highest BCUT2D eigenvalue weighted by molar-refractivity contribution is 5.95. The Hall–Kier alpha value is -3.92. The second-order valence-corrected chi connectivity index (χ2v) is 12.1. The van der Waals surface area contributed by atoms with Gasteiger partial charge < -0.3 is 31.1 Å². The molecule has 0 radical (unpaired) electrons. The molecular formula is C33H48N4O6. The molecule has 236 valence electrons. The molecule has 2 aromatic carbocycles. The smallest absolute Gasteiger partial charge is 0.408 e. The van der Waals surface area contributed by atoms with Gasteiger partial charge in [-0.3, -0.25) is 14.4 Å². The lowest BCUT2D eigenvalue weighted by Gasteiger charge is -2.29. The van der Waals surface area contributed by atoms with E-state index < -0.39 is 48.0 Å². The van der Waals surface area contributed by atoms with E-state index >= 15 is 0 Å². The van der Waals surface area contributed by atoms with Gasteiger partial charge in [-0.2, -0.15) is 0 Å². The number of alkyl carbamates (subject to hydrolysis) is 1. The molecule has 4 amide bonds. The van der Waals surface area contributed by atoms with E-state index in [4.69, 9.17) is 4.74 Å². The van der Waals surface area contributed by atoms with Crippen molar-refractivity contribution < 1.29 is 29.0 Å². The fourth-order valence-corrected chi connectivity index (χ4v) is 4.56. The van der Waals surface area contributed by atoms with E-state index in [0.717, 1.165) is 5.56 Å². The average Bonchev–Trinajstić information content (AvgIpc) is 2.95. The number of amides is 4. The van der Waals surface area contributed by atoms with E-state index in [0.29, 0.717) is 24.9 Å². The van der Waals surface area contributed by atoms with Crippen molar-refractivity contribution in [3.63, 3.8) is 0 Å². The van der Waals surface area contributed by atoms with Crippen LogP contribution >= 0.6 is 0 Å². The minimum atomic E-state index is -1.52. The van der Waals surface area contributed by atoms with Crippen LogP contribution in [0.5, 0.6) is 0 Å². The first-order chi connectivity index (χ1) is 20.3. The van der Waals surface area contributed by atoms with Crippen LogP contribution in [0.3, 0.4) is 0 Å². The number of carbonyl (C=O) groups is 4. The third kappa shape index (κ3) is 13.3. The molecule has 43 heavy (non-hydrogen) atoms. The molecule has 10 heteroatoms. The van der Waals surface area contributed by atoms with Crippen LogP contribution in [0.15, 0.2) is 60.7 Å². The molecule has 0 aliphatic carbocycles. The van der Waals surface area contributed by atoms with Gasteiger partial charge in [0, 0.05) is 5.69 Å². The van der Waals surface area contributed by atoms with Crippen molar-refractivity contribution >= 4 is 29.5 Å². The Morgan fingerprint density at radius 2 is 1.14 bits per heavy atom. The van der Waals surface area contributed by atoms with E-state index in [1.165, 1.54) is 0 Å². The predicted molar refractivity (Wildman–Crippen MR) is 167 cm³/mol. The van der Waals surface area contributed by atoms with Gasteiger partial charge in [-0.05, 0) is 54.7 Å². The van der Waals surface area contributed by atoms with Crippen LogP contribution in [0.2, 0.25) is 0 Å². The summed E-state index contributed by atoms with van der Waals surface area (Å²) in [6, 6.07) is 15.2. The van der Waals surface area contributed by atoms with Crippen LogP contribution in [-0.4, -0.2) is 53.2 Å². The number of rotatable bonds is 16. The van der Waals surface area contributed by atoms with Crippen LogP contribution < -0.4 is 21.3 Å². The van der Waals surface area contributed by atoms with Crippen molar-refractivity contribution in [1.82, 2.24) is 16.0 Å². The maximum atomic E-state index is 13.5. The summed E-state index contributed by atoms with van der Waals surface area (Å²) >= 11 is 0. The molecule has 0 saturated carbocycles. The van der Waals surface area contributed by atoms with Gasteiger partial charge in [-0.25, -0.2) is 4.79 Å². The van der Waals surface area contributed by atoms with Crippen LogP contribution in [0.1, 0.15) is 66.4 Å². The molecule has 4 unspecified atom stereocenters. The molecular weight excluding hydrogens is 548 g/mol. The van der Waals surface area contributed by atoms with Crippen molar-refractivity contribution in [3.05, 3.63) is 66.2 Å². The number of para-hydroxylation sites is 1. The van der Waals surface area contributed by atoms with E-state index in [2.05, 4.69) is 21.3 Å². The van der Waals surface area contributed by atoms with E-state index in [1.54, 1.807) is 24.3 Å². The Morgan fingerprint density at radius 3 is 1.67 bits per heavy atom. The molecule has 0 aliphatic heterocycles. The first-order valence-electron chi connectivity index (χ1n) is 15.0. The Labute approximate surface area is 255 Å². The summed E-state index contributed by atoms with van der Waals surface area (Å²) in [5, 5.41) is 21.8. The lowest BCUT2D eigenvalue weighted by atomic mass is 9.96. The van der Waals surface area contributed by atoms with Gasteiger partial charge >= 0.3 is 6.09 Å². The van der Waals surface area contributed by atoms with Crippen molar-refractivity contribution in [3.8, 4) is 0 Å². The molecule has 10 nitrogen and oxygen atoms in total. The summed E-state index contributed by atoms with van der Waals surface area (Å²) in [4.78, 5) is 52.4. The molecule has 2 rings (SSSR count). The lowest BCUT2D eigenvalue weighted by Crippen LogP contribution is -2.57. The molecule has 0 spiro atoms. The van der Waals surface area contributed by atoms with Crippen molar-refractivity contribution in [1.29, 1.82) is 0 Å². The largest absolute Gasteiger partial charge is 0.445 e. The van der Waals surface area contributed by atoms with Gasteiger partial charge in [0.05, 0.1) is 6.04 Å². The van der Waals surface area contributed by atoms with Gasteiger partial charge in [-0.1, -0.05) is 90.1 Å². The van der Waals surface area contributed by atoms with Gasteiger partial charge in [-0.15, -0.1) is 0 Å². The molecule has 0 fully saturated rings.